The lowest BCUT2D eigenvalue weighted by Crippen LogP contribution is -2.49. The fourth-order valence-corrected chi connectivity index (χ4v) is 2.73. The molecule has 1 aliphatic rings. The summed E-state index contributed by atoms with van der Waals surface area (Å²) in [5.41, 5.74) is 1.39. The highest BCUT2D eigenvalue weighted by atomic mass is 16.2. The molecule has 0 bridgehead atoms. The van der Waals surface area contributed by atoms with Crippen molar-refractivity contribution in [2.75, 3.05) is 26.2 Å². The van der Waals surface area contributed by atoms with Crippen molar-refractivity contribution in [1.82, 2.24) is 9.80 Å². The van der Waals surface area contributed by atoms with E-state index in [0.717, 1.165) is 32.6 Å². The Hall–Kier alpha value is -1.35. The number of amides is 1. The standard InChI is InChI=1S/C15H22N2O/c1-3-15(14-7-5-4-6-8-14)17-11-9-16(10-12-17)13(2)18/h4-8,15H,3,9-12H2,1-2H3. The van der Waals surface area contributed by atoms with Crippen molar-refractivity contribution < 1.29 is 4.79 Å². The van der Waals surface area contributed by atoms with Crippen molar-refractivity contribution in [3.8, 4) is 0 Å². The largest absolute Gasteiger partial charge is 0.340 e. The molecule has 1 unspecified atom stereocenters. The lowest BCUT2D eigenvalue weighted by Gasteiger charge is -2.39. The van der Waals surface area contributed by atoms with Crippen LogP contribution in [-0.4, -0.2) is 41.9 Å². The summed E-state index contributed by atoms with van der Waals surface area (Å²) in [6.45, 7) is 7.57. The van der Waals surface area contributed by atoms with Gasteiger partial charge in [-0.1, -0.05) is 37.3 Å². The molecule has 3 heteroatoms. The summed E-state index contributed by atoms with van der Waals surface area (Å²) in [6.07, 6.45) is 1.12. The Kier molecular flexibility index (Phi) is 4.37. The molecule has 18 heavy (non-hydrogen) atoms. The maximum Gasteiger partial charge on any atom is 0.219 e. The molecule has 0 saturated carbocycles. The zero-order valence-electron chi connectivity index (χ0n) is 11.3. The highest BCUT2D eigenvalue weighted by Gasteiger charge is 2.24. The van der Waals surface area contributed by atoms with Crippen LogP contribution in [-0.2, 0) is 4.79 Å². The number of nitrogens with zero attached hydrogens (tertiary/aromatic N) is 2. The first-order valence-corrected chi connectivity index (χ1v) is 6.77. The normalized spacial score (nSPS) is 18.7. The summed E-state index contributed by atoms with van der Waals surface area (Å²) in [6, 6.07) is 11.1. The van der Waals surface area contributed by atoms with Crippen LogP contribution in [0.4, 0.5) is 0 Å². The third-order valence-electron chi connectivity index (χ3n) is 3.77. The summed E-state index contributed by atoms with van der Waals surface area (Å²) >= 11 is 0. The summed E-state index contributed by atoms with van der Waals surface area (Å²) < 4.78 is 0. The fraction of sp³-hybridized carbons (Fsp3) is 0.533. The third-order valence-corrected chi connectivity index (χ3v) is 3.77. The van der Waals surface area contributed by atoms with Crippen LogP contribution in [0.15, 0.2) is 30.3 Å². The van der Waals surface area contributed by atoms with Crippen molar-refractivity contribution in [3.63, 3.8) is 0 Å². The van der Waals surface area contributed by atoms with Crippen LogP contribution in [0.3, 0.4) is 0 Å². The van der Waals surface area contributed by atoms with E-state index in [4.69, 9.17) is 0 Å². The number of hydrogen-bond acceptors (Lipinski definition) is 2. The van der Waals surface area contributed by atoms with Gasteiger partial charge in [0.2, 0.25) is 5.91 Å². The summed E-state index contributed by atoms with van der Waals surface area (Å²) in [5, 5.41) is 0. The second-order valence-corrected chi connectivity index (χ2v) is 4.88. The number of piperazine rings is 1. The number of carbonyl (C=O) groups is 1. The highest BCUT2D eigenvalue weighted by molar-refractivity contribution is 5.73. The molecule has 0 radical (unpaired) electrons. The average molecular weight is 246 g/mol. The maximum absolute atomic E-state index is 11.3. The topological polar surface area (TPSA) is 23.6 Å². The Balaban J connectivity index is 2.01. The van der Waals surface area contributed by atoms with Crippen molar-refractivity contribution in [2.45, 2.75) is 26.3 Å². The quantitative estimate of drug-likeness (QED) is 0.817. The molecule has 1 saturated heterocycles. The van der Waals surface area contributed by atoms with E-state index in [2.05, 4.69) is 42.2 Å². The van der Waals surface area contributed by atoms with Crippen molar-refractivity contribution in [2.24, 2.45) is 0 Å². The molecule has 3 nitrogen and oxygen atoms in total. The number of carbonyl (C=O) groups excluding carboxylic acids is 1. The molecule has 0 aromatic heterocycles. The fourth-order valence-electron chi connectivity index (χ4n) is 2.73. The van der Waals surface area contributed by atoms with Gasteiger partial charge in [0.15, 0.2) is 0 Å². The monoisotopic (exact) mass is 246 g/mol. The second-order valence-electron chi connectivity index (χ2n) is 4.88. The first kappa shape index (κ1) is 13.1. The van der Waals surface area contributed by atoms with Crippen molar-refractivity contribution in [3.05, 3.63) is 35.9 Å². The third kappa shape index (κ3) is 2.91. The van der Waals surface area contributed by atoms with E-state index >= 15 is 0 Å². The Labute approximate surface area is 109 Å². The predicted molar refractivity (Wildman–Crippen MR) is 73.3 cm³/mol. The van der Waals surface area contributed by atoms with E-state index in [1.54, 1.807) is 6.92 Å². The van der Waals surface area contributed by atoms with Crippen molar-refractivity contribution in [1.29, 1.82) is 0 Å². The van der Waals surface area contributed by atoms with Gasteiger partial charge >= 0.3 is 0 Å². The SMILES string of the molecule is CCC(c1ccccc1)N1CCN(C(C)=O)CC1. The van der Waals surface area contributed by atoms with Gasteiger partial charge in [-0.15, -0.1) is 0 Å². The Morgan fingerprint density at radius 2 is 1.78 bits per heavy atom. The highest BCUT2D eigenvalue weighted by Crippen LogP contribution is 2.24. The molecule has 1 aromatic rings. The smallest absolute Gasteiger partial charge is 0.219 e. The molecular formula is C15H22N2O. The molecule has 0 N–H and O–H groups in total. The number of rotatable bonds is 3. The van der Waals surface area contributed by atoms with Crippen LogP contribution in [0, 0.1) is 0 Å². The average Bonchev–Trinajstić information content (AvgIpc) is 2.41. The zero-order valence-corrected chi connectivity index (χ0v) is 11.3. The van der Waals surface area contributed by atoms with Gasteiger partial charge in [0, 0.05) is 39.1 Å². The summed E-state index contributed by atoms with van der Waals surface area (Å²) in [5.74, 6) is 0.197. The predicted octanol–water partition coefficient (Wildman–Crippen LogP) is 2.30. The molecule has 0 aliphatic carbocycles. The van der Waals surface area contributed by atoms with E-state index < -0.39 is 0 Å². The first-order chi connectivity index (χ1) is 8.72. The van der Waals surface area contributed by atoms with Gasteiger partial charge < -0.3 is 4.90 Å². The maximum atomic E-state index is 11.3. The molecule has 1 atom stereocenters. The molecule has 1 amide bonds. The zero-order chi connectivity index (χ0) is 13.0. The van der Waals surface area contributed by atoms with Gasteiger partial charge in [0.1, 0.15) is 0 Å². The van der Waals surface area contributed by atoms with Crippen LogP contribution in [0.2, 0.25) is 0 Å². The molecule has 0 spiro atoms. The van der Waals surface area contributed by atoms with E-state index in [-0.39, 0.29) is 5.91 Å². The molecule has 1 fully saturated rings. The van der Waals surface area contributed by atoms with Crippen LogP contribution in [0.5, 0.6) is 0 Å². The molecule has 2 rings (SSSR count). The number of hydrogen-bond donors (Lipinski definition) is 0. The van der Waals surface area contributed by atoms with Crippen LogP contribution in [0.1, 0.15) is 31.9 Å². The van der Waals surface area contributed by atoms with E-state index in [1.807, 2.05) is 4.90 Å². The second kappa shape index (κ2) is 6.01. The van der Waals surface area contributed by atoms with E-state index in [9.17, 15) is 4.79 Å². The number of benzene rings is 1. The summed E-state index contributed by atoms with van der Waals surface area (Å²) in [4.78, 5) is 15.8. The molecule has 98 valence electrons. The first-order valence-electron chi connectivity index (χ1n) is 6.77. The van der Waals surface area contributed by atoms with Gasteiger partial charge in [0.25, 0.3) is 0 Å². The van der Waals surface area contributed by atoms with Gasteiger partial charge in [-0.3, -0.25) is 9.69 Å². The van der Waals surface area contributed by atoms with Crippen LogP contribution in [0.25, 0.3) is 0 Å². The molecule has 1 aromatic carbocycles. The van der Waals surface area contributed by atoms with E-state index in [0.29, 0.717) is 6.04 Å². The lowest BCUT2D eigenvalue weighted by molar-refractivity contribution is -0.130. The van der Waals surface area contributed by atoms with Gasteiger partial charge in [0.05, 0.1) is 0 Å². The molecule has 1 aliphatic heterocycles. The molecule has 1 heterocycles. The van der Waals surface area contributed by atoms with Gasteiger partial charge in [-0.25, -0.2) is 0 Å². The Bertz CT molecular complexity index is 383. The van der Waals surface area contributed by atoms with Crippen LogP contribution >= 0.6 is 0 Å². The minimum atomic E-state index is 0.197. The van der Waals surface area contributed by atoms with E-state index in [1.165, 1.54) is 5.56 Å². The summed E-state index contributed by atoms with van der Waals surface area (Å²) in [7, 11) is 0. The molecular weight excluding hydrogens is 224 g/mol. The van der Waals surface area contributed by atoms with Gasteiger partial charge in [-0.05, 0) is 12.0 Å². The minimum Gasteiger partial charge on any atom is -0.340 e. The van der Waals surface area contributed by atoms with Crippen LogP contribution < -0.4 is 0 Å². The van der Waals surface area contributed by atoms with Crippen molar-refractivity contribution >= 4 is 5.91 Å². The minimum absolute atomic E-state index is 0.197. The lowest BCUT2D eigenvalue weighted by atomic mass is 10.0. The van der Waals surface area contributed by atoms with Gasteiger partial charge in [-0.2, -0.15) is 0 Å². The Morgan fingerprint density at radius 3 is 2.28 bits per heavy atom. The Morgan fingerprint density at radius 1 is 1.17 bits per heavy atom.